The minimum Gasteiger partial charge on any atom is -0.486 e. The van der Waals surface area contributed by atoms with E-state index in [-0.39, 0.29) is 13.2 Å². The van der Waals surface area contributed by atoms with Gasteiger partial charge in [0.2, 0.25) is 0 Å². The third kappa shape index (κ3) is 2.93. The van der Waals surface area contributed by atoms with Crippen LogP contribution in [0.5, 0.6) is 5.75 Å². The Balaban J connectivity index is 2.58. The van der Waals surface area contributed by atoms with Crippen LogP contribution in [0.1, 0.15) is 0 Å². The predicted octanol–water partition coefficient (Wildman–Crippen LogP) is 0.000800. The third-order valence-corrected chi connectivity index (χ3v) is 1.59. The number of anilines is 1. The molecule has 0 aliphatic rings. The average Bonchev–Trinajstić information content (AvgIpc) is 2.17. The fraction of sp³-hybridized carbons (Fsp3) is 0.333. The zero-order valence-corrected chi connectivity index (χ0v) is 7.18. The van der Waals surface area contributed by atoms with E-state index in [1.165, 1.54) is 0 Å². The first kappa shape index (κ1) is 9.83. The quantitative estimate of drug-likeness (QED) is 0.574. The summed E-state index contributed by atoms with van der Waals surface area (Å²) in [6.07, 6.45) is -0.566. The molecule has 72 valence electrons. The summed E-state index contributed by atoms with van der Waals surface area (Å²) in [6, 6.07) is 6.77. The van der Waals surface area contributed by atoms with E-state index < -0.39 is 6.10 Å². The van der Waals surface area contributed by atoms with Crippen molar-refractivity contribution in [2.24, 2.45) is 0 Å². The highest BCUT2D eigenvalue weighted by atomic mass is 16.5. The number of nitrogens with two attached hydrogens (primary N) is 1. The molecule has 1 rings (SSSR count). The third-order valence-electron chi connectivity index (χ3n) is 1.59. The molecule has 1 aromatic rings. The molecule has 0 saturated heterocycles. The molecule has 0 heterocycles. The number of benzene rings is 1. The Kier molecular flexibility index (Phi) is 3.54. The molecule has 0 bridgehead atoms. The molecule has 0 aliphatic carbocycles. The molecule has 0 radical (unpaired) electrons. The van der Waals surface area contributed by atoms with Crippen molar-refractivity contribution in [2.75, 3.05) is 18.9 Å². The summed E-state index contributed by atoms with van der Waals surface area (Å²) in [7, 11) is 0. The second-order valence-electron chi connectivity index (χ2n) is 2.67. The Labute approximate surface area is 76.6 Å². The Morgan fingerprint density at radius 1 is 1.15 bits per heavy atom. The van der Waals surface area contributed by atoms with E-state index >= 15 is 0 Å². The molecule has 0 spiro atoms. The van der Waals surface area contributed by atoms with Crippen molar-refractivity contribution in [3.05, 3.63) is 24.3 Å². The summed E-state index contributed by atoms with van der Waals surface area (Å²) in [5.41, 5.74) is 6.12. The lowest BCUT2D eigenvalue weighted by Gasteiger charge is -2.13. The number of hydrogen-bond donors (Lipinski definition) is 3. The van der Waals surface area contributed by atoms with E-state index in [9.17, 15) is 0 Å². The van der Waals surface area contributed by atoms with Crippen molar-refractivity contribution >= 4 is 5.69 Å². The number of aliphatic hydroxyl groups excluding tert-OH is 2. The number of aliphatic hydroxyl groups is 2. The second kappa shape index (κ2) is 4.69. The average molecular weight is 183 g/mol. The first-order valence-electron chi connectivity index (χ1n) is 4.00. The topological polar surface area (TPSA) is 75.7 Å². The molecule has 4 N–H and O–H groups in total. The van der Waals surface area contributed by atoms with Crippen LogP contribution in [-0.4, -0.2) is 29.5 Å². The molecule has 13 heavy (non-hydrogen) atoms. The van der Waals surface area contributed by atoms with Gasteiger partial charge in [0.25, 0.3) is 0 Å². The van der Waals surface area contributed by atoms with Gasteiger partial charge < -0.3 is 20.7 Å². The van der Waals surface area contributed by atoms with Crippen molar-refractivity contribution in [2.45, 2.75) is 6.10 Å². The highest BCUT2D eigenvalue weighted by Crippen LogP contribution is 2.14. The molecule has 4 nitrogen and oxygen atoms in total. The smallest absolute Gasteiger partial charge is 0.145 e. The van der Waals surface area contributed by atoms with Gasteiger partial charge in [0.15, 0.2) is 0 Å². The predicted molar refractivity (Wildman–Crippen MR) is 49.4 cm³/mol. The van der Waals surface area contributed by atoms with Gasteiger partial charge in [0, 0.05) is 5.69 Å². The normalized spacial score (nSPS) is 10.4. The van der Waals surface area contributed by atoms with Gasteiger partial charge >= 0.3 is 0 Å². The van der Waals surface area contributed by atoms with Gasteiger partial charge in [-0.25, -0.2) is 0 Å². The molecule has 1 aromatic carbocycles. The van der Waals surface area contributed by atoms with Crippen molar-refractivity contribution in [3.8, 4) is 5.75 Å². The lowest BCUT2D eigenvalue weighted by Crippen LogP contribution is -2.25. The summed E-state index contributed by atoms with van der Waals surface area (Å²) >= 11 is 0. The summed E-state index contributed by atoms with van der Waals surface area (Å²) in [4.78, 5) is 0. The van der Waals surface area contributed by atoms with Gasteiger partial charge in [0.05, 0.1) is 13.2 Å². The van der Waals surface area contributed by atoms with Crippen molar-refractivity contribution < 1.29 is 14.9 Å². The van der Waals surface area contributed by atoms with E-state index in [4.69, 9.17) is 20.7 Å². The number of hydrogen-bond acceptors (Lipinski definition) is 4. The van der Waals surface area contributed by atoms with E-state index in [2.05, 4.69) is 0 Å². The highest BCUT2D eigenvalue weighted by molar-refractivity contribution is 5.41. The van der Waals surface area contributed by atoms with Crippen LogP contribution in [-0.2, 0) is 0 Å². The molecule has 0 aromatic heterocycles. The highest BCUT2D eigenvalue weighted by Gasteiger charge is 2.06. The molecule has 4 heteroatoms. The van der Waals surface area contributed by atoms with Crippen LogP contribution in [0.3, 0.4) is 0 Å². The Morgan fingerprint density at radius 3 is 2.15 bits per heavy atom. The zero-order chi connectivity index (χ0) is 9.68. The maximum atomic E-state index is 8.73. The van der Waals surface area contributed by atoms with E-state index in [0.29, 0.717) is 11.4 Å². The van der Waals surface area contributed by atoms with E-state index in [1.807, 2.05) is 0 Å². The molecule has 0 atom stereocenters. The standard InChI is InChI=1S/C9H13NO3/c10-7-1-3-8(4-2-7)13-9(5-11)6-12/h1-4,9,11-12H,5-6,10H2. The van der Waals surface area contributed by atoms with E-state index in [0.717, 1.165) is 0 Å². The van der Waals surface area contributed by atoms with Crippen LogP contribution in [0.25, 0.3) is 0 Å². The lowest BCUT2D eigenvalue weighted by molar-refractivity contribution is 0.0629. The Bertz CT molecular complexity index is 244. The second-order valence-corrected chi connectivity index (χ2v) is 2.67. The molecule has 0 fully saturated rings. The Morgan fingerprint density at radius 2 is 1.69 bits per heavy atom. The maximum Gasteiger partial charge on any atom is 0.145 e. The van der Waals surface area contributed by atoms with Gasteiger partial charge in [0.1, 0.15) is 11.9 Å². The summed E-state index contributed by atoms with van der Waals surface area (Å²) < 4.78 is 5.21. The largest absolute Gasteiger partial charge is 0.486 e. The van der Waals surface area contributed by atoms with Crippen molar-refractivity contribution in [1.29, 1.82) is 0 Å². The molecule has 0 aliphatic heterocycles. The van der Waals surface area contributed by atoms with Gasteiger partial charge in [-0.3, -0.25) is 0 Å². The van der Waals surface area contributed by atoms with Gasteiger partial charge in [-0.1, -0.05) is 0 Å². The maximum absolute atomic E-state index is 8.73. The summed E-state index contributed by atoms with van der Waals surface area (Å²) in [5.74, 6) is 0.585. The minimum atomic E-state index is -0.566. The fourth-order valence-corrected chi connectivity index (χ4v) is 0.871. The molecular formula is C9H13NO3. The Hall–Kier alpha value is -1.26. The van der Waals surface area contributed by atoms with Crippen LogP contribution in [0.2, 0.25) is 0 Å². The van der Waals surface area contributed by atoms with Crippen molar-refractivity contribution in [1.82, 2.24) is 0 Å². The lowest BCUT2D eigenvalue weighted by atomic mass is 10.3. The first-order valence-corrected chi connectivity index (χ1v) is 4.00. The first-order chi connectivity index (χ1) is 6.26. The zero-order valence-electron chi connectivity index (χ0n) is 7.18. The van der Waals surface area contributed by atoms with Crippen LogP contribution in [0.4, 0.5) is 5.69 Å². The molecule has 0 amide bonds. The van der Waals surface area contributed by atoms with Crippen LogP contribution in [0.15, 0.2) is 24.3 Å². The molecule has 0 unspecified atom stereocenters. The fourth-order valence-electron chi connectivity index (χ4n) is 0.871. The van der Waals surface area contributed by atoms with Gasteiger partial charge in [-0.05, 0) is 24.3 Å². The van der Waals surface area contributed by atoms with Crippen LogP contribution in [0, 0.1) is 0 Å². The number of rotatable bonds is 4. The molecular weight excluding hydrogens is 170 g/mol. The van der Waals surface area contributed by atoms with Crippen LogP contribution < -0.4 is 10.5 Å². The number of nitrogen functional groups attached to an aromatic ring is 1. The SMILES string of the molecule is Nc1ccc(OC(CO)CO)cc1. The minimum absolute atomic E-state index is 0.207. The summed E-state index contributed by atoms with van der Waals surface area (Å²) in [6.45, 7) is -0.415. The van der Waals surface area contributed by atoms with E-state index in [1.54, 1.807) is 24.3 Å². The number of ether oxygens (including phenoxy) is 1. The van der Waals surface area contributed by atoms with Gasteiger partial charge in [-0.15, -0.1) is 0 Å². The van der Waals surface area contributed by atoms with Gasteiger partial charge in [-0.2, -0.15) is 0 Å². The van der Waals surface area contributed by atoms with Crippen LogP contribution >= 0.6 is 0 Å². The van der Waals surface area contributed by atoms with Crippen molar-refractivity contribution in [3.63, 3.8) is 0 Å². The monoisotopic (exact) mass is 183 g/mol. The molecule has 0 saturated carbocycles. The summed E-state index contributed by atoms with van der Waals surface area (Å²) in [5, 5.41) is 17.5.